The average Bonchev–Trinajstić information content (AvgIpc) is 3.15. The monoisotopic (exact) mass is 433 g/mol. The number of hydrogen-bond donors (Lipinski definition) is 1. The van der Waals surface area contributed by atoms with Gasteiger partial charge in [0.05, 0.1) is 11.1 Å². The van der Waals surface area contributed by atoms with Gasteiger partial charge in [0.1, 0.15) is 12.1 Å². The summed E-state index contributed by atoms with van der Waals surface area (Å²) in [6, 6.07) is 5.05. The number of halogens is 3. The molecule has 1 fully saturated rings. The van der Waals surface area contributed by atoms with Crippen molar-refractivity contribution in [2.75, 3.05) is 31.1 Å². The third kappa shape index (κ3) is 4.27. The lowest BCUT2D eigenvalue weighted by atomic mass is 10.1. The number of anilines is 1. The van der Waals surface area contributed by atoms with Crippen molar-refractivity contribution in [1.29, 1.82) is 0 Å². The van der Waals surface area contributed by atoms with E-state index in [0.29, 0.717) is 37.1 Å². The molecule has 1 aromatic carbocycles. The Morgan fingerprint density at radius 1 is 1.06 bits per heavy atom. The molecule has 4 rings (SSSR count). The van der Waals surface area contributed by atoms with E-state index in [1.165, 1.54) is 4.68 Å². The molecule has 31 heavy (non-hydrogen) atoms. The maximum absolute atomic E-state index is 12.7. The first-order valence-corrected chi connectivity index (χ1v) is 9.40. The van der Waals surface area contributed by atoms with Gasteiger partial charge in [0.15, 0.2) is 0 Å². The van der Waals surface area contributed by atoms with Crippen LogP contribution in [0.15, 0.2) is 36.8 Å². The molecule has 2 N–H and O–H groups in total. The predicted octanol–water partition coefficient (Wildman–Crippen LogP) is 1.29. The SMILES string of the molecule is NC(=O)c1cccc2cn(CC(=O)N3CCN(c4ncc(C(F)(F)F)cn4)CC3)nc12. The Morgan fingerprint density at radius 2 is 1.74 bits per heavy atom. The zero-order valence-corrected chi connectivity index (χ0v) is 16.2. The first-order chi connectivity index (χ1) is 14.7. The van der Waals surface area contributed by atoms with Crippen LogP contribution in [0, 0.1) is 0 Å². The molecule has 0 atom stereocenters. The van der Waals surface area contributed by atoms with E-state index in [4.69, 9.17) is 5.73 Å². The second-order valence-corrected chi connectivity index (χ2v) is 7.07. The van der Waals surface area contributed by atoms with Gasteiger partial charge in [-0.25, -0.2) is 9.97 Å². The van der Waals surface area contributed by atoms with Crippen LogP contribution in [0.5, 0.6) is 0 Å². The zero-order valence-electron chi connectivity index (χ0n) is 16.2. The summed E-state index contributed by atoms with van der Waals surface area (Å²) in [5.74, 6) is -0.567. The highest BCUT2D eigenvalue weighted by Gasteiger charge is 2.32. The maximum atomic E-state index is 12.7. The summed E-state index contributed by atoms with van der Waals surface area (Å²) in [7, 11) is 0. The number of benzene rings is 1. The summed E-state index contributed by atoms with van der Waals surface area (Å²) in [5, 5.41) is 5.01. The van der Waals surface area contributed by atoms with E-state index in [1.807, 2.05) is 0 Å². The van der Waals surface area contributed by atoms with Crippen molar-refractivity contribution in [3.05, 3.63) is 47.9 Å². The number of primary amides is 1. The number of fused-ring (bicyclic) bond motifs is 1. The van der Waals surface area contributed by atoms with Gasteiger partial charge < -0.3 is 15.5 Å². The van der Waals surface area contributed by atoms with Crippen molar-refractivity contribution in [3.63, 3.8) is 0 Å². The highest BCUT2D eigenvalue weighted by Crippen LogP contribution is 2.28. The fourth-order valence-corrected chi connectivity index (χ4v) is 3.40. The second-order valence-electron chi connectivity index (χ2n) is 7.07. The zero-order chi connectivity index (χ0) is 22.2. The summed E-state index contributed by atoms with van der Waals surface area (Å²) < 4.78 is 39.4. The Balaban J connectivity index is 1.38. The minimum Gasteiger partial charge on any atom is -0.366 e. The molecular formula is C19H18F3N7O2. The van der Waals surface area contributed by atoms with E-state index in [2.05, 4.69) is 15.1 Å². The van der Waals surface area contributed by atoms with E-state index in [-0.39, 0.29) is 24.0 Å². The van der Waals surface area contributed by atoms with Crippen molar-refractivity contribution >= 4 is 28.7 Å². The summed E-state index contributed by atoms with van der Waals surface area (Å²) >= 11 is 0. The molecule has 0 saturated carbocycles. The molecule has 1 aliphatic heterocycles. The fourth-order valence-electron chi connectivity index (χ4n) is 3.40. The number of rotatable bonds is 4. The summed E-state index contributed by atoms with van der Waals surface area (Å²) in [6.07, 6.45) is -1.31. The van der Waals surface area contributed by atoms with E-state index in [1.54, 1.807) is 34.2 Å². The summed E-state index contributed by atoms with van der Waals surface area (Å²) in [5.41, 5.74) is 5.18. The molecule has 1 aliphatic rings. The van der Waals surface area contributed by atoms with Crippen molar-refractivity contribution in [2.24, 2.45) is 5.73 Å². The van der Waals surface area contributed by atoms with Crippen LogP contribution >= 0.6 is 0 Å². The number of hydrogen-bond acceptors (Lipinski definition) is 6. The third-order valence-electron chi connectivity index (χ3n) is 5.03. The molecular weight excluding hydrogens is 415 g/mol. The predicted molar refractivity (Wildman–Crippen MR) is 104 cm³/mol. The standard InChI is InChI=1S/C19H18F3N7O2/c20-19(21,22)13-8-24-18(25-9-13)28-6-4-27(5-7-28)15(30)11-29-10-12-2-1-3-14(17(23)31)16(12)26-29/h1-3,8-10H,4-7,11H2,(H2,23,31). The number of nitrogens with two attached hydrogens (primary N) is 1. The molecule has 0 bridgehead atoms. The molecule has 3 heterocycles. The molecule has 0 aliphatic carbocycles. The number of aromatic nitrogens is 4. The quantitative estimate of drug-likeness (QED) is 0.664. The molecule has 9 nitrogen and oxygen atoms in total. The Morgan fingerprint density at radius 3 is 2.35 bits per heavy atom. The van der Waals surface area contributed by atoms with Gasteiger partial charge in [-0.2, -0.15) is 18.3 Å². The molecule has 12 heteroatoms. The number of carbonyl (C=O) groups is 2. The fraction of sp³-hybridized carbons (Fsp3) is 0.316. The molecule has 0 radical (unpaired) electrons. The van der Waals surface area contributed by atoms with Crippen molar-refractivity contribution in [1.82, 2.24) is 24.6 Å². The first kappa shape index (κ1) is 20.6. The van der Waals surface area contributed by atoms with Crippen LogP contribution in [-0.4, -0.2) is 62.6 Å². The molecule has 1 saturated heterocycles. The van der Waals surface area contributed by atoms with Gasteiger partial charge in [-0.15, -0.1) is 0 Å². The van der Waals surface area contributed by atoms with Crippen LogP contribution < -0.4 is 10.6 Å². The van der Waals surface area contributed by atoms with Crippen LogP contribution in [0.3, 0.4) is 0 Å². The molecule has 0 spiro atoms. The smallest absolute Gasteiger partial charge is 0.366 e. The topological polar surface area (TPSA) is 110 Å². The number of alkyl halides is 3. The Labute approximate surface area is 174 Å². The molecule has 0 unspecified atom stereocenters. The Bertz CT molecular complexity index is 1120. The first-order valence-electron chi connectivity index (χ1n) is 9.40. The molecule has 2 aromatic heterocycles. The van der Waals surface area contributed by atoms with Gasteiger partial charge in [0.2, 0.25) is 11.9 Å². The van der Waals surface area contributed by atoms with E-state index in [0.717, 1.165) is 12.4 Å². The number of piperazine rings is 1. The van der Waals surface area contributed by atoms with Gasteiger partial charge in [-0.1, -0.05) is 12.1 Å². The number of carbonyl (C=O) groups excluding carboxylic acids is 2. The second kappa shape index (κ2) is 7.85. The van der Waals surface area contributed by atoms with Crippen LogP contribution in [-0.2, 0) is 17.5 Å². The summed E-state index contributed by atoms with van der Waals surface area (Å²) in [4.78, 5) is 35.1. The highest BCUT2D eigenvalue weighted by atomic mass is 19.4. The number of amides is 2. The van der Waals surface area contributed by atoms with Crippen molar-refractivity contribution in [2.45, 2.75) is 12.7 Å². The Hall–Kier alpha value is -3.70. The Kier molecular flexibility index (Phi) is 5.21. The van der Waals surface area contributed by atoms with Gasteiger partial charge in [0, 0.05) is 50.2 Å². The molecule has 2 amide bonds. The van der Waals surface area contributed by atoms with Gasteiger partial charge >= 0.3 is 6.18 Å². The highest BCUT2D eigenvalue weighted by molar-refractivity contribution is 6.04. The minimum absolute atomic E-state index is 0.0103. The van der Waals surface area contributed by atoms with Crippen molar-refractivity contribution in [3.8, 4) is 0 Å². The van der Waals surface area contributed by atoms with Crippen LogP contribution in [0.4, 0.5) is 19.1 Å². The third-order valence-corrected chi connectivity index (χ3v) is 5.03. The van der Waals surface area contributed by atoms with Gasteiger partial charge in [-0.3, -0.25) is 14.3 Å². The van der Waals surface area contributed by atoms with E-state index < -0.39 is 17.6 Å². The normalized spacial score (nSPS) is 14.8. The lowest BCUT2D eigenvalue weighted by Crippen LogP contribution is -2.50. The molecule has 3 aromatic rings. The van der Waals surface area contributed by atoms with E-state index in [9.17, 15) is 22.8 Å². The lowest BCUT2D eigenvalue weighted by Gasteiger charge is -2.34. The van der Waals surface area contributed by atoms with Crippen molar-refractivity contribution < 1.29 is 22.8 Å². The molecule has 162 valence electrons. The van der Waals surface area contributed by atoms with Crippen LogP contribution in [0.2, 0.25) is 0 Å². The lowest BCUT2D eigenvalue weighted by molar-refractivity contribution is -0.138. The minimum atomic E-state index is -4.49. The van der Waals surface area contributed by atoms with E-state index >= 15 is 0 Å². The number of nitrogens with zero attached hydrogens (tertiary/aromatic N) is 6. The largest absolute Gasteiger partial charge is 0.419 e. The van der Waals surface area contributed by atoms with Crippen LogP contribution in [0.1, 0.15) is 15.9 Å². The van der Waals surface area contributed by atoms with Gasteiger partial charge in [-0.05, 0) is 6.07 Å². The van der Waals surface area contributed by atoms with Gasteiger partial charge in [0.25, 0.3) is 5.91 Å². The summed E-state index contributed by atoms with van der Waals surface area (Å²) in [6.45, 7) is 1.52. The average molecular weight is 433 g/mol. The van der Waals surface area contributed by atoms with Crippen LogP contribution in [0.25, 0.3) is 10.9 Å². The maximum Gasteiger partial charge on any atom is 0.419 e.